The molecule has 4 rings (SSSR count). The molecule has 0 saturated carbocycles. The van der Waals surface area contributed by atoms with Crippen LogP contribution in [0.4, 0.5) is 5.69 Å². The third-order valence-corrected chi connectivity index (χ3v) is 4.28. The van der Waals surface area contributed by atoms with Gasteiger partial charge in [-0.25, -0.2) is 9.36 Å². The van der Waals surface area contributed by atoms with E-state index in [0.29, 0.717) is 17.0 Å². The van der Waals surface area contributed by atoms with Gasteiger partial charge in [-0.2, -0.15) is 5.10 Å². The van der Waals surface area contributed by atoms with E-state index in [2.05, 4.69) is 20.5 Å². The molecule has 0 saturated heterocycles. The summed E-state index contributed by atoms with van der Waals surface area (Å²) in [6.07, 6.45) is 1.67. The van der Waals surface area contributed by atoms with Crippen molar-refractivity contribution in [2.45, 2.75) is 20.4 Å². The van der Waals surface area contributed by atoms with Gasteiger partial charge in [-0.15, -0.1) is 5.10 Å². The number of pyridine rings is 1. The van der Waals surface area contributed by atoms with E-state index >= 15 is 0 Å². The zero-order valence-electron chi connectivity index (χ0n) is 15.5. The van der Waals surface area contributed by atoms with Crippen molar-refractivity contribution in [3.05, 3.63) is 76.5 Å². The van der Waals surface area contributed by atoms with Gasteiger partial charge < -0.3 is 5.32 Å². The number of benzene rings is 1. The summed E-state index contributed by atoms with van der Waals surface area (Å²) in [5.74, 6) is 0.114. The highest BCUT2D eigenvalue weighted by molar-refractivity contribution is 6.00. The number of amides is 1. The zero-order valence-corrected chi connectivity index (χ0v) is 15.5. The molecule has 3 heterocycles. The molecule has 1 amide bonds. The van der Waals surface area contributed by atoms with Crippen LogP contribution in [-0.4, -0.2) is 30.5 Å². The molecule has 0 bridgehead atoms. The molecule has 0 aliphatic heterocycles. The number of nitrogens with zero attached hydrogens (tertiary/aromatic N) is 5. The molecule has 1 N–H and O–H groups in total. The molecule has 0 spiro atoms. The van der Waals surface area contributed by atoms with Crippen LogP contribution in [0.3, 0.4) is 0 Å². The summed E-state index contributed by atoms with van der Waals surface area (Å²) in [4.78, 5) is 29.0. The maximum atomic E-state index is 12.5. The Morgan fingerprint density at radius 1 is 1.07 bits per heavy atom. The van der Waals surface area contributed by atoms with Crippen molar-refractivity contribution in [2.75, 3.05) is 5.32 Å². The fourth-order valence-corrected chi connectivity index (χ4v) is 3.06. The number of anilines is 1. The molecule has 8 heteroatoms. The van der Waals surface area contributed by atoms with E-state index in [0.717, 1.165) is 21.5 Å². The number of fused-ring (bicyclic) bond motifs is 1. The molecule has 140 valence electrons. The Balaban J connectivity index is 1.60. The summed E-state index contributed by atoms with van der Waals surface area (Å²) in [6, 6.07) is 14.2. The van der Waals surface area contributed by atoms with Crippen LogP contribution in [-0.2, 0) is 11.3 Å². The lowest BCUT2D eigenvalue weighted by Crippen LogP contribution is -2.30. The Morgan fingerprint density at radius 3 is 2.68 bits per heavy atom. The summed E-state index contributed by atoms with van der Waals surface area (Å²) in [7, 11) is 0. The molecule has 4 aromatic rings. The van der Waals surface area contributed by atoms with Crippen LogP contribution in [0.2, 0.25) is 0 Å². The van der Waals surface area contributed by atoms with Crippen LogP contribution < -0.4 is 10.9 Å². The molecule has 0 unspecified atom stereocenters. The van der Waals surface area contributed by atoms with E-state index in [1.54, 1.807) is 23.0 Å². The van der Waals surface area contributed by atoms with Gasteiger partial charge in [0.15, 0.2) is 5.82 Å². The van der Waals surface area contributed by atoms with Gasteiger partial charge in [0, 0.05) is 23.3 Å². The monoisotopic (exact) mass is 374 g/mol. The molecule has 0 radical (unpaired) electrons. The molecule has 0 fully saturated rings. The lowest BCUT2D eigenvalue weighted by Gasteiger charge is -2.10. The lowest BCUT2D eigenvalue weighted by atomic mass is 10.2. The maximum Gasteiger partial charge on any atom is 0.267 e. The molecule has 0 aliphatic rings. The predicted molar refractivity (Wildman–Crippen MR) is 105 cm³/mol. The first-order valence-corrected chi connectivity index (χ1v) is 8.77. The van der Waals surface area contributed by atoms with Gasteiger partial charge in [-0.1, -0.05) is 18.2 Å². The normalized spacial score (nSPS) is 10.9. The fourth-order valence-electron chi connectivity index (χ4n) is 3.06. The highest BCUT2D eigenvalue weighted by Gasteiger charge is 2.12. The van der Waals surface area contributed by atoms with Crippen LogP contribution >= 0.6 is 0 Å². The van der Waals surface area contributed by atoms with E-state index in [9.17, 15) is 9.59 Å². The number of rotatable bonds is 4. The Kier molecular flexibility index (Phi) is 4.44. The van der Waals surface area contributed by atoms with Crippen molar-refractivity contribution in [1.29, 1.82) is 0 Å². The molecule has 1 aromatic carbocycles. The summed E-state index contributed by atoms with van der Waals surface area (Å²) in [5.41, 5.74) is 2.65. The van der Waals surface area contributed by atoms with Gasteiger partial charge in [0.1, 0.15) is 6.54 Å². The molecular formula is C20H18N6O2. The first kappa shape index (κ1) is 17.6. The van der Waals surface area contributed by atoms with Crippen molar-refractivity contribution in [3.8, 4) is 5.82 Å². The van der Waals surface area contributed by atoms with Gasteiger partial charge in [0.05, 0.1) is 16.9 Å². The number of aromatic nitrogens is 5. The minimum Gasteiger partial charge on any atom is -0.323 e. The second-order valence-corrected chi connectivity index (χ2v) is 6.46. The predicted octanol–water partition coefficient (Wildman–Crippen LogP) is 2.23. The van der Waals surface area contributed by atoms with Crippen molar-refractivity contribution < 1.29 is 4.79 Å². The molecule has 0 aliphatic carbocycles. The van der Waals surface area contributed by atoms with E-state index in [1.165, 1.54) is 6.07 Å². The van der Waals surface area contributed by atoms with E-state index in [1.807, 2.05) is 44.2 Å². The quantitative estimate of drug-likeness (QED) is 0.591. The number of hydrogen-bond donors (Lipinski definition) is 1. The van der Waals surface area contributed by atoms with E-state index in [-0.39, 0.29) is 18.0 Å². The summed E-state index contributed by atoms with van der Waals surface area (Å²) < 4.78 is 2.76. The van der Waals surface area contributed by atoms with Gasteiger partial charge >= 0.3 is 0 Å². The summed E-state index contributed by atoms with van der Waals surface area (Å²) in [6.45, 7) is 3.57. The highest BCUT2D eigenvalue weighted by Crippen LogP contribution is 2.20. The van der Waals surface area contributed by atoms with Gasteiger partial charge in [-0.05, 0) is 38.1 Å². The zero-order chi connectivity index (χ0) is 19.7. The number of aryl methyl sites for hydroxylation is 2. The third-order valence-electron chi connectivity index (χ3n) is 4.28. The van der Waals surface area contributed by atoms with Gasteiger partial charge in [-0.3, -0.25) is 14.6 Å². The molecule has 0 atom stereocenters. The van der Waals surface area contributed by atoms with Crippen LogP contribution in [0.25, 0.3) is 16.7 Å². The first-order valence-electron chi connectivity index (χ1n) is 8.77. The van der Waals surface area contributed by atoms with Crippen LogP contribution in [0.5, 0.6) is 0 Å². The summed E-state index contributed by atoms with van der Waals surface area (Å²) in [5, 5.41) is 12.4. The van der Waals surface area contributed by atoms with E-state index in [4.69, 9.17) is 0 Å². The second-order valence-electron chi connectivity index (χ2n) is 6.46. The van der Waals surface area contributed by atoms with Gasteiger partial charge in [0.25, 0.3) is 5.56 Å². The fraction of sp³-hybridized carbons (Fsp3) is 0.150. The minimum absolute atomic E-state index is 0.213. The number of carbonyl (C=O) groups is 1. The molecule has 8 nitrogen and oxygen atoms in total. The Hall–Kier alpha value is -3.81. The van der Waals surface area contributed by atoms with Crippen molar-refractivity contribution >= 4 is 22.5 Å². The largest absolute Gasteiger partial charge is 0.323 e. The standard InChI is InChI=1S/C20H18N6O2/c1-13-11-14(2)26(23-13)17-8-9-19(28)25(24-17)12-18(27)22-16-7-3-5-15-6-4-10-21-20(15)16/h3-11H,12H2,1-2H3,(H,22,27). The minimum atomic E-state index is -0.364. The average molecular weight is 374 g/mol. The molecular weight excluding hydrogens is 356 g/mol. The Bertz CT molecular complexity index is 1240. The number of para-hydroxylation sites is 1. The smallest absolute Gasteiger partial charge is 0.267 e. The third kappa shape index (κ3) is 3.39. The maximum absolute atomic E-state index is 12.5. The van der Waals surface area contributed by atoms with Crippen molar-refractivity contribution in [1.82, 2.24) is 24.5 Å². The first-order chi connectivity index (χ1) is 13.5. The van der Waals surface area contributed by atoms with Crippen molar-refractivity contribution in [2.24, 2.45) is 0 Å². The van der Waals surface area contributed by atoms with Gasteiger partial charge in [0.2, 0.25) is 5.91 Å². The topological polar surface area (TPSA) is 94.7 Å². The number of carbonyl (C=O) groups excluding carboxylic acids is 1. The number of nitrogens with one attached hydrogen (secondary N) is 1. The van der Waals surface area contributed by atoms with Crippen LogP contribution in [0, 0.1) is 13.8 Å². The molecule has 3 aromatic heterocycles. The molecule has 28 heavy (non-hydrogen) atoms. The Morgan fingerprint density at radius 2 is 1.89 bits per heavy atom. The Labute approximate surface area is 160 Å². The highest BCUT2D eigenvalue weighted by atomic mass is 16.2. The van der Waals surface area contributed by atoms with Crippen LogP contribution in [0.15, 0.2) is 59.5 Å². The van der Waals surface area contributed by atoms with Crippen LogP contribution in [0.1, 0.15) is 11.4 Å². The average Bonchev–Trinajstić information content (AvgIpc) is 3.02. The van der Waals surface area contributed by atoms with Crippen molar-refractivity contribution in [3.63, 3.8) is 0 Å². The number of hydrogen-bond acceptors (Lipinski definition) is 5. The SMILES string of the molecule is Cc1cc(C)n(-c2ccc(=O)n(CC(=O)Nc3cccc4cccnc34)n2)n1. The second kappa shape index (κ2) is 7.07. The lowest BCUT2D eigenvalue weighted by molar-refractivity contribution is -0.117. The summed E-state index contributed by atoms with van der Waals surface area (Å²) >= 11 is 0. The van der Waals surface area contributed by atoms with E-state index < -0.39 is 0 Å².